The third kappa shape index (κ3) is 3.31. The Kier molecular flexibility index (Phi) is 4.39. The molecule has 5 nitrogen and oxygen atoms in total. The zero-order chi connectivity index (χ0) is 17.9. The standard InChI is InChI=1S/C20H18FN3O2/c21-15-5-3-4-13(10-15)18-11-19(26-24-18)20(25)22-9-8-14-12-23-17-7-2-1-6-16(14)17/h1-7,10,12,19,23H,8-9,11H2,(H,22,25)/t19-/m1/s1. The van der Waals surface area contributed by atoms with E-state index in [0.29, 0.717) is 24.2 Å². The highest BCUT2D eigenvalue weighted by atomic mass is 19.1. The number of amides is 1. The fraction of sp³-hybridized carbons (Fsp3) is 0.200. The van der Waals surface area contributed by atoms with Crippen LogP contribution in [-0.4, -0.2) is 29.3 Å². The molecule has 1 aromatic heterocycles. The highest BCUT2D eigenvalue weighted by molar-refractivity contribution is 6.04. The van der Waals surface area contributed by atoms with Crippen LogP contribution in [0.4, 0.5) is 4.39 Å². The van der Waals surface area contributed by atoms with Crippen LogP contribution in [0.2, 0.25) is 0 Å². The second-order valence-corrected chi connectivity index (χ2v) is 6.25. The Labute approximate surface area is 149 Å². The predicted molar refractivity (Wildman–Crippen MR) is 97.4 cm³/mol. The average Bonchev–Trinajstić information content (AvgIpc) is 3.29. The third-order valence-electron chi connectivity index (χ3n) is 4.49. The normalized spacial score (nSPS) is 16.3. The molecule has 2 heterocycles. The number of nitrogens with zero attached hydrogens (tertiary/aromatic N) is 1. The summed E-state index contributed by atoms with van der Waals surface area (Å²) in [5.41, 5.74) is 3.46. The van der Waals surface area contributed by atoms with Crippen LogP contribution in [0.5, 0.6) is 0 Å². The third-order valence-corrected chi connectivity index (χ3v) is 4.49. The van der Waals surface area contributed by atoms with Gasteiger partial charge in [0.15, 0.2) is 0 Å². The summed E-state index contributed by atoms with van der Waals surface area (Å²) in [6.07, 6.45) is 2.35. The Balaban J connectivity index is 1.31. The van der Waals surface area contributed by atoms with Gasteiger partial charge in [-0.05, 0) is 30.2 Å². The first-order valence-electron chi connectivity index (χ1n) is 8.52. The van der Waals surface area contributed by atoms with E-state index in [9.17, 15) is 9.18 Å². The summed E-state index contributed by atoms with van der Waals surface area (Å²) < 4.78 is 13.3. The van der Waals surface area contributed by atoms with E-state index in [0.717, 1.165) is 22.9 Å². The molecule has 6 heteroatoms. The molecule has 0 saturated carbocycles. The maximum absolute atomic E-state index is 13.3. The highest BCUT2D eigenvalue weighted by Crippen LogP contribution is 2.19. The van der Waals surface area contributed by atoms with Gasteiger partial charge in [-0.25, -0.2) is 4.39 Å². The molecule has 1 aliphatic rings. The molecular formula is C20H18FN3O2. The number of halogens is 1. The zero-order valence-electron chi connectivity index (χ0n) is 14.0. The lowest BCUT2D eigenvalue weighted by molar-refractivity contribution is -0.131. The molecule has 0 fully saturated rings. The Bertz CT molecular complexity index is 980. The van der Waals surface area contributed by atoms with Gasteiger partial charge in [-0.15, -0.1) is 0 Å². The Morgan fingerprint density at radius 2 is 2.15 bits per heavy atom. The first-order valence-corrected chi connectivity index (χ1v) is 8.52. The summed E-state index contributed by atoms with van der Waals surface area (Å²) in [6, 6.07) is 14.2. The number of hydrogen-bond donors (Lipinski definition) is 2. The van der Waals surface area contributed by atoms with E-state index in [1.807, 2.05) is 24.4 Å². The molecular weight excluding hydrogens is 333 g/mol. The number of aromatic nitrogens is 1. The quantitative estimate of drug-likeness (QED) is 0.741. The van der Waals surface area contributed by atoms with Crippen molar-refractivity contribution in [1.82, 2.24) is 10.3 Å². The van der Waals surface area contributed by atoms with Gasteiger partial charge in [0.05, 0.1) is 5.71 Å². The molecule has 2 N–H and O–H groups in total. The molecule has 1 atom stereocenters. The van der Waals surface area contributed by atoms with Crippen LogP contribution in [0, 0.1) is 5.82 Å². The minimum Gasteiger partial charge on any atom is -0.382 e. The van der Waals surface area contributed by atoms with E-state index < -0.39 is 6.10 Å². The van der Waals surface area contributed by atoms with Gasteiger partial charge in [0, 0.05) is 35.6 Å². The summed E-state index contributed by atoms with van der Waals surface area (Å²) >= 11 is 0. The van der Waals surface area contributed by atoms with Crippen LogP contribution in [-0.2, 0) is 16.1 Å². The van der Waals surface area contributed by atoms with Crippen LogP contribution in [0.15, 0.2) is 59.9 Å². The van der Waals surface area contributed by atoms with Gasteiger partial charge < -0.3 is 15.1 Å². The number of fused-ring (bicyclic) bond motifs is 1. The van der Waals surface area contributed by atoms with Crippen molar-refractivity contribution in [1.29, 1.82) is 0 Å². The van der Waals surface area contributed by atoms with Crippen molar-refractivity contribution >= 4 is 22.5 Å². The van der Waals surface area contributed by atoms with Crippen molar-refractivity contribution in [2.75, 3.05) is 6.54 Å². The lowest BCUT2D eigenvalue weighted by Crippen LogP contribution is -2.36. The lowest BCUT2D eigenvalue weighted by atomic mass is 10.0. The van der Waals surface area contributed by atoms with Crippen molar-refractivity contribution in [3.8, 4) is 0 Å². The summed E-state index contributed by atoms with van der Waals surface area (Å²) in [7, 11) is 0. The molecule has 0 saturated heterocycles. The van der Waals surface area contributed by atoms with Crippen LogP contribution in [0.3, 0.4) is 0 Å². The number of rotatable bonds is 5. The Morgan fingerprint density at radius 1 is 1.27 bits per heavy atom. The van der Waals surface area contributed by atoms with E-state index in [-0.39, 0.29) is 11.7 Å². The fourth-order valence-electron chi connectivity index (χ4n) is 3.13. The number of aromatic amines is 1. The van der Waals surface area contributed by atoms with Crippen molar-refractivity contribution < 1.29 is 14.0 Å². The summed E-state index contributed by atoms with van der Waals surface area (Å²) in [6.45, 7) is 0.510. The fourth-order valence-corrected chi connectivity index (χ4v) is 3.13. The van der Waals surface area contributed by atoms with Crippen molar-refractivity contribution in [3.05, 3.63) is 71.7 Å². The predicted octanol–water partition coefficient (Wildman–Crippen LogP) is 3.16. The zero-order valence-corrected chi connectivity index (χ0v) is 14.0. The van der Waals surface area contributed by atoms with E-state index in [2.05, 4.69) is 21.5 Å². The van der Waals surface area contributed by atoms with Gasteiger partial charge in [-0.2, -0.15) is 0 Å². The largest absolute Gasteiger partial charge is 0.382 e. The number of para-hydroxylation sites is 1. The second-order valence-electron chi connectivity index (χ2n) is 6.25. The number of carbonyl (C=O) groups is 1. The minimum atomic E-state index is -0.670. The highest BCUT2D eigenvalue weighted by Gasteiger charge is 2.28. The Morgan fingerprint density at radius 3 is 3.04 bits per heavy atom. The van der Waals surface area contributed by atoms with Crippen molar-refractivity contribution in [2.45, 2.75) is 18.9 Å². The summed E-state index contributed by atoms with van der Waals surface area (Å²) in [4.78, 5) is 20.7. The number of benzene rings is 2. The SMILES string of the molecule is O=C(NCCc1c[nH]c2ccccc12)[C@H]1CC(c2cccc(F)c2)=NO1. The molecule has 0 bridgehead atoms. The first-order chi connectivity index (χ1) is 12.7. The van der Waals surface area contributed by atoms with Gasteiger partial charge in [0.1, 0.15) is 5.82 Å². The monoisotopic (exact) mass is 351 g/mol. The number of H-pyrrole nitrogens is 1. The molecule has 26 heavy (non-hydrogen) atoms. The first kappa shape index (κ1) is 16.3. The maximum Gasteiger partial charge on any atom is 0.264 e. The molecule has 2 aromatic carbocycles. The van der Waals surface area contributed by atoms with Crippen molar-refractivity contribution in [3.63, 3.8) is 0 Å². The van der Waals surface area contributed by atoms with Crippen LogP contribution >= 0.6 is 0 Å². The van der Waals surface area contributed by atoms with E-state index in [1.165, 1.54) is 12.1 Å². The molecule has 132 valence electrons. The van der Waals surface area contributed by atoms with Gasteiger partial charge in [0.2, 0.25) is 6.10 Å². The molecule has 0 spiro atoms. The molecule has 0 aliphatic carbocycles. The van der Waals surface area contributed by atoms with Gasteiger partial charge in [-0.3, -0.25) is 4.79 Å². The number of nitrogens with one attached hydrogen (secondary N) is 2. The van der Waals surface area contributed by atoms with Gasteiger partial charge >= 0.3 is 0 Å². The lowest BCUT2D eigenvalue weighted by Gasteiger charge is -2.09. The van der Waals surface area contributed by atoms with Crippen LogP contribution in [0.25, 0.3) is 10.9 Å². The molecule has 3 aromatic rings. The van der Waals surface area contributed by atoms with Crippen molar-refractivity contribution in [2.24, 2.45) is 5.16 Å². The van der Waals surface area contributed by atoms with Gasteiger partial charge in [-0.1, -0.05) is 35.5 Å². The van der Waals surface area contributed by atoms with Crippen LogP contribution < -0.4 is 5.32 Å². The maximum atomic E-state index is 13.3. The molecule has 0 unspecified atom stereocenters. The van der Waals surface area contributed by atoms with Gasteiger partial charge in [0.25, 0.3) is 5.91 Å². The minimum absolute atomic E-state index is 0.208. The molecule has 0 radical (unpaired) electrons. The smallest absolute Gasteiger partial charge is 0.264 e. The van der Waals surface area contributed by atoms with Crippen LogP contribution in [0.1, 0.15) is 17.5 Å². The summed E-state index contributed by atoms with van der Waals surface area (Å²) in [5, 5.41) is 7.98. The second kappa shape index (κ2) is 7.00. The number of carbonyl (C=O) groups excluding carboxylic acids is 1. The number of hydrogen-bond acceptors (Lipinski definition) is 3. The topological polar surface area (TPSA) is 66.5 Å². The molecule has 1 amide bonds. The van der Waals surface area contributed by atoms with E-state index in [1.54, 1.807) is 12.1 Å². The summed E-state index contributed by atoms with van der Waals surface area (Å²) in [5.74, 6) is -0.545. The van der Waals surface area contributed by atoms with E-state index in [4.69, 9.17) is 4.84 Å². The average molecular weight is 351 g/mol. The molecule has 1 aliphatic heterocycles. The number of oxime groups is 1. The molecule has 4 rings (SSSR count). The van der Waals surface area contributed by atoms with E-state index >= 15 is 0 Å². The Hall–Kier alpha value is -3.15.